The molecule has 1 amide bonds. The van der Waals surface area contributed by atoms with Gasteiger partial charge in [0.15, 0.2) is 0 Å². The van der Waals surface area contributed by atoms with Crippen LogP contribution < -0.4 is 11.1 Å². The second-order valence-corrected chi connectivity index (χ2v) is 3.71. The van der Waals surface area contributed by atoms with Crippen LogP contribution in [-0.2, 0) is 0 Å². The largest absolute Gasteiger partial charge is 0.398 e. The molecule has 0 bridgehead atoms. The van der Waals surface area contributed by atoms with Crippen molar-refractivity contribution in [2.24, 2.45) is 0 Å². The van der Waals surface area contributed by atoms with Gasteiger partial charge in [-0.05, 0) is 31.5 Å². The van der Waals surface area contributed by atoms with Gasteiger partial charge in [-0.3, -0.25) is 4.79 Å². The topological polar surface area (TPSA) is 55.1 Å². The van der Waals surface area contributed by atoms with E-state index in [0.29, 0.717) is 17.8 Å². The summed E-state index contributed by atoms with van der Waals surface area (Å²) in [5.41, 5.74) is 8.83. The number of anilines is 1. The Hall–Kier alpha value is -1.77. The minimum Gasteiger partial charge on any atom is -0.398 e. The van der Waals surface area contributed by atoms with Gasteiger partial charge in [0.1, 0.15) is 0 Å². The molecule has 3 nitrogen and oxygen atoms in total. The first-order valence-electron chi connectivity index (χ1n) is 4.79. The first-order chi connectivity index (χ1) is 7.00. The third-order valence-electron chi connectivity index (χ3n) is 2.09. The van der Waals surface area contributed by atoms with Crippen LogP contribution in [0.1, 0.15) is 22.8 Å². The molecule has 0 atom stereocenters. The number of nitrogen functional groups attached to an aromatic ring is 1. The molecule has 0 fully saturated rings. The quantitative estimate of drug-likeness (QED) is 0.583. The molecule has 3 N–H and O–H groups in total. The highest BCUT2D eigenvalue weighted by atomic mass is 16.1. The molecular weight excluding hydrogens is 188 g/mol. The number of rotatable bonds is 3. The molecule has 3 heteroatoms. The molecule has 0 unspecified atom stereocenters. The number of benzene rings is 1. The molecule has 0 aliphatic rings. The van der Waals surface area contributed by atoms with E-state index < -0.39 is 0 Å². The maximum atomic E-state index is 11.6. The number of nitrogens with one attached hydrogen (secondary N) is 1. The molecule has 0 spiro atoms. The van der Waals surface area contributed by atoms with Gasteiger partial charge in [-0.1, -0.05) is 18.2 Å². The van der Waals surface area contributed by atoms with E-state index >= 15 is 0 Å². The average Bonchev–Trinajstić information content (AvgIpc) is 2.18. The van der Waals surface area contributed by atoms with Crippen molar-refractivity contribution in [3.63, 3.8) is 0 Å². The number of hydrogen-bond donors (Lipinski definition) is 2. The maximum Gasteiger partial charge on any atom is 0.251 e. The fraction of sp³-hybridized carbons (Fsp3) is 0.250. The summed E-state index contributed by atoms with van der Waals surface area (Å²) in [6.07, 6.45) is 0. The van der Waals surface area contributed by atoms with E-state index in [1.54, 1.807) is 12.1 Å². The third-order valence-corrected chi connectivity index (χ3v) is 2.09. The Morgan fingerprint density at radius 3 is 2.73 bits per heavy atom. The zero-order chi connectivity index (χ0) is 11.4. The maximum absolute atomic E-state index is 11.6. The van der Waals surface area contributed by atoms with Crippen molar-refractivity contribution in [2.45, 2.75) is 13.8 Å². The van der Waals surface area contributed by atoms with Crippen molar-refractivity contribution in [3.8, 4) is 0 Å². The highest BCUT2D eigenvalue weighted by Gasteiger charge is 2.05. The van der Waals surface area contributed by atoms with Crippen molar-refractivity contribution in [1.29, 1.82) is 0 Å². The summed E-state index contributed by atoms with van der Waals surface area (Å²) in [5.74, 6) is -0.121. The van der Waals surface area contributed by atoms with Crippen LogP contribution in [0.25, 0.3) is 0 Å². The molecule has 80 valence electrons. The standard InChI is InChI=1S/C12H16N2O/c1-8(2)7-14-12(15)10-5-4-9(3)11(13)6-10/h4-6H,1,7,13H2,2-3H3,(H,14,15). The first kappa shape index (κ1) is 11.3. The van der Waals surface area contributed by atoms with Gasteiger partial charge in [-0.25, -0.2) is 0 Å². The molecule has 1 rings (SSSR count). The number of nitrogens with two attached hydrogens (primary N) is 1. The number of carbonyl (C=O) groups is 1. The van der Waals surface area contributed by atoms with E-state index in [1.165, 1.54) is 0 Å². The van der Waals surface area contributed by atoms with E-state index in [4.69, 9.17) is 5.73 Å². The Kier molecular flexibility index (Phi) is 3.50. The van der Waals surface area contributed by atoms with Gasteiger partial charge in [0.2, 0.25) is 0 Å². The number of amides is 1. The van der Waals surface area contributed by atoms with Crippen LogP contribution in [0.3, 0.4) is 0 Å². The second-order valence-electron chi connectivity index (χ2n) is 3.71. The Morgan fingerprint density at radius 1 is 1.53 bits per heavy atom. The SMILES string of the molecule is C=C(C)CNC(=O)c1ccc(C)c(N)c1. The molecule has 0 saturated heterocycles. The lowest BCUT2D eigenvalue weighted by molar-refractivity contribution is 0.0957. The van der Waals surface area contributed by atoms with Gasteiger partial charge >= 0.3 is 0 Å². The van der Waals surface area contributed by atoms with Crippen molar-refractivity contribution in [1.82, 2.24) is 5.32 Å². The van der Waals surface area contributed by atoms with Gasteiger partial charge in [-0.2, -0.15) is 0 Å². The molecular formula is C12H16N2O. The van der Waals surface area contributed by atoms with Crippen molar-refractivity contribution in [3.05, 3.63) is 41.5 Å². The zero-order valence-corrected chi connectivity index (χ0v) is 9.13. The minimum atomic E-state index is -0.121. The van der Waals surface area contributed by atoms with Gasteiger partial charge in [0.05, 0.1) is 0 Å². The van der Waals surface area contributed by atoms with E-state index in [2.05, 4.69) is 11.9 Å². The molecule has 0 aliphatic heterocycles. The summed E-state index contributed by atoms with van der Waals surface area (Å²) in [6.45, 7) is 7.98. The van der Waals surface area contributed by atoms with Crippen molar-refractivity contribution in [2.75, 3.05) is 12.3 Å². The lowest BCUT2D eigenvalue weighted by Gasteiger charge is -2.06. The fourth-order valence-electron chi connectivity index (χ4n) is 1.11. The summed E-state index contributed by atoms with van der Waals surface area (Å²) in [5, 5.41) is 2.75. The monoisotopic (exact) mass is 204 g/mol. The highest BCUT2D eigenvalue weighted by Crippen LogP contribution is 2.12. The van der Waals surface area contributed by atoms with Crippen molar-refractivity contribution >= 4 is 11.6 Å². The zero-order valence-electron chi connectivity index (χ0n) is 9.13. The molecule has 15 heavy (non-hydrogen) atoms. The van der Waals surface area contributed by atoms with Crippen LogP contribution >= 0.6 is 0 Å². The summed E-state index contributed by atoms with van der Waals surface area (Å²) in [7, 11) is 0. The van der Waals surface area contributed by atoms with E-state index in [-0.39, 0.29) is 5.91 Å². The normalized spacial score (nSPS) is 9.73. The summed E-state index contributed by atoms with van der Waals surface area (Å²) < 4.78 is 0. The average molecular weight is 204 g/mol. The third kappa shape index (κ3) is 3.13. The summed E-state index contributed by atoms with van der Waals surface area (Å²) >= 11 is 0. The lowest BCUT2D eigenvalue weighted by Crippen LogP contribution is -2.24. The van der Waals surface area contributed by atoms with Crippen LogP contribution in [0.5, 0.6) is 0 Å². The predicted molar refractivity (Wildman–Crippen MR) is 62.7 cm³/mol. The number of aryl methyl sites for hydroxylation is 1. The Labute approximate surface area is 90.0 Å². The fourth-order valence-corrected chi connectivity index (χ4v) is 1.11. The Morgan fingerprint density at radius 2 is 2.20 bits per heavy atom. The number of hydrogen-bond acceptors (Lipinski definition) is 2. The van der Waals surface area contributed by atoms with E-state index in [0.717, 1.165) is 11.1 Å². The van der Waals surface area contributed by atoms with E-state index in [1.807, 2.05) is 19.9 Å². The van der Waals surface area contributed by atoms with Gasteiger partial charge in [0, 0.05) is 17.8 Å². The minimum absolute atomic E-state index is 0.121. The first-order valence-corrected chi connectivity index (χ1v) is 4.79. The summed E-state index contributed by atoms with van der Waals surface area (Å²) in [4.78, 5) is 11.6. The Bertz CT molecular complexity index is 397. The van der Waals surface area contributed by atoms with Crippen molar-refractivity contribution < 1.29 is 4.79 Å². The lowest BCUT2D eigenvalue weighted by atomic mass is 10.1. The molecule has 1 aromatic rings. The molecule has 0 aliphatic carbocycles. The van der Waals surface area contributed by atoms with Crippen LogP contribution in [-0.4, -0.2) is 12.5 Å². The molecule has 0 saturated carbocycles. The van der Waals surface area contributed by atoms with Gasteiger partial charge in [-0.15, -0.1) is 0 Å². The molecule has 0 heterocycles. The van der Waals surface area contributed by atoms with Gasteiger partial charge in [0.25, 0.3) is 5.91 Å². The molecule has 1 aromatic carbocycles. The molecule has 0 aromatic heterocycles. The predicted octanol–water partition coefficient (Wildman–Crippen LogP) is 1.88. The molecule has 0 radical (unpaired) electrons. The van der Waals surface area contributed by atoms with Crippen LogP contribution in [0.15, 0.2) is 30.4 Å². The highest BCUT2D eigenvalue weighted by molar-refractivity contribution is 5.95. The number of carbonyl (C=O) groups excluding carboxylic acids is 1. The second kappa shape index (κ2) is 4.64. The van der Waals surface area contributed by atoms with Gasteiger partial charge < -0.3 is 11.1 Å². The van der Waals surface area contributed by atoms with E-state index in [9.17, 15) is 4.79 Å². The van der Waals surface area contributed by atoms with Crippen LogP contribution in [0, 0.1) is 6.92 Å². The Balaban J connectivity index is 2.74. The smallest absolute Gasteiger partial charge is 0.251 e. The van der Waals surface area contributed by atoms with Crippen LogP contribution in [0.4, 0.5) is 5.69 Å². The van der Waals surface area contributed by atoms with Crippen LogP contribution in [0.2, 0.25) is 0 Å². The summed E-state index contributed by atoms with van der Waals surface area (Å²) in [6, 6.07) is 5.29.